The summed E-state index contributed by atoms with van der Waals surface area (Å²) in [5.41, 5.74) is -0.876. The number of nitrogens with zero attached hydrogens (tertiary/aromatic N) is 1. The number of rotatable bonds is 11. The Morgan fingerprint density at radius 1 is 0.855 bits per heavy atom. The van der Waals surface area contributed by atoms with Gasteiger partial charge in [-0.25, -0.2) is 0 Å². The highest BCUT2D eigenvalue weighted by atomic mass is 16.7. The van der Waals surface area contributed by atoms with Crippen LogP contribution in [0.5, 0.6) is 0 Å². The Bertz CT molecular complexity index is 1530. The average molecular weight is 888 g/mol. The molecule has 4 aliphatic heterocycles. The maximum Gasteiger partial charge on any atom is 0.308 e. The molecule has 0 amide bonds. The quantitative estimate of drug-likeness (QED) is 0.110. The van der Waals surface area contributed by atoms with E-state index in [2.05, 4.69) is 0 Å². The number of carbonyl (C=O) groups is 3. The molecule has 0 bridgehead atoms. The SMILES string of the molecule is CCC1OC(=O)C[C@@H](O)C(C)[C@@H](OC2OC(C)C(OC3CC(C)(O)C(O)C(C)O3)C(N(C)C)C2O)[C@@H](CC=O)C[C@@H](C)C(=O)/C=C/C(C)=C/C1COC1OC(C)C(O)C(O)C1O. The fraction of sp³-hybridized carbons (Fsp3) is 0.841. The summed E-state index contributed by atoms with van der Waals surface area (Å²) < 4.78 is 42.6. The van der Waals surface area contributed by atoms with Crippen molar-refractivity contribution in [2.24, 2.45) is 23.7 Å². The Morgan fingerprint density at radius 2 is 1.52 bits per heavy atom. The standard InChI is InChI=1S/C44H73NO17/c1-11-31-28(20-56-42-38(53)37(52)35(50)24(5)58-42)16-21(2)12-13-29(47)22(3)17-27(14-15-46)39(23(4)30(48)18-32(49)60-31)62-43-36(51)34(45(9)10)40(25(6)59-43)61-33-19-44(8,55)41(54)26(7)57-33/h12-13,15-16,22-28,30-31,33-43,48,50-55H,11,14,17-20H2,1-10H3/b13-12+,21-16+/t22-,23?,24?,25?,26?,27+,28?,30-,31?,33?,34?,35?,36?,37?,38?,39-,40?,41?,42?,43?,44?/m1/s1. The zero-order valence-corrected chi connectivity index (χ0v) is 37.8. The second-order valence-electron chi connectivity index (χ2n) is 18.3. The van der Waals surface area contributed by atoms with Gasteiger partial charge in [0.2, 0.25) is 0 Å². The fourth-order valence-electron chi connectivity index (χ4n) is 9.02. The molecule has 0 aromatic heterocycles. The van der Waals surface area contributed by atoms with Crippen LogP contribution in [0.2, 0.25) is 0 Å². The molecule has 0 radical (unpaired) electrons. The number of esters is 1. The lowest BCUT2D eigenvalue weighted by Crippen LogP contribution is -2.65. The summed E-state index contributed by atoms with van der Waals surface area (Å²) in [5.74, 6) is -3.84. The third-order valence-corrected chi connectivity index (χ3v) is 12.9. The number of ether oxygens (including phenoxy) is 7. The number of allylic oxidation sites excluding steroid dienone is 3. The first-order chi connectivity index (χ1) is 29.0. The maximum absolute atomic E-state index is 13.6. The molecule has 3 saturated heterocycles. The molecule has 17 unspecified atom stereocenters. The Morgan fingerprint density at radius 3 is 2.13 bits per heavy atom. The molecule has 0 saturated carbocycles. The van der Waals surface area contributed by atoms with E-state index in [9.17, 15) is 50.1 Å². The number of carbonyl (C=O) groups excluding carboxylic acids is 3. The number of cyclic esters (lactones) is 1. The van der Waals surface area contributed by atoms with Gasteiger partial charge >= 0.3 is 5.97 Å². The second-order valence-corrected chi connectivity index (χ2v) is 18.3. The van der Waals surface area contributed by atoms with Gasteiger partial charge in [-0.05, 0) is 73.5 Å². The van der Waals surface area contributed by atoms with Crippen LogP contribution in [0.1, 0.15) is 87.5 Å². The summed E-state index contributed by atoms with van der Waals surface area (Å²) in [6.45, 7) is 13.1. The van der Waals surface area contributed by atoms with Crippen LogP contribution in [0.25, 0.3) is 0 Å². The Hall–Kier alpha value is -2.27. The first kappa shape index (κ1) is 52.4. The van der Waals surface area contributed by atoms with Crippen molar-refractivity contribution in [3.8, 4) is 0 Å². The third kappa shape index (κ3) is 13.0. The van der Waals surface area contributed by atoms with Gasteiger partial charge in [-0.15, -0.1) is 0 Å². The fourth-order valence-corrected chi connectivity index (χ4v) is 9.02. The Kier molecular flexibility index (Phi) is 19.2. The normalized spacial score (nSPS) is 47.0. The lowest BCUT2D eigenvalue weighted by molar-refractivity contribution is -0.341. The zero-order valence-electron chi connectivity index (χ0n) is 37.8. The largest absolute Gasteiger partial charge is 0.462 e. The highest BCUT2D eigenvalue weighted by molar-refractivity contribution is 5.91. The summed E-state index contributed by atoms with van der Waals surface area (Å²) in [4.78, 5) is 41.3. The van der Waals surface area contributed by atoms with Crippen LogP contribution >= 0.6 is 0 Å². The number of aliphatic hydroxyl groups excluding tert-OH is 6. The molecule has 62 heavy (non-hydrogen) atoms. The first-order valence-electron chi connectivity index (χ1n) is 21.9. The number of aliphatic hydroxyl groups is 7. The van der Waals surface area contributed by atoms with Gasteiger partial charge in [0.15, 0.2) is 24.7 Å². The smallest absolute Gasteiger partial charge is 0.308 e. The van der Waals surface area contributed by atoms with E-state index in [1.165, 1.54) is 19.9 Å². The monoisotopic (exact) mass is 887 g/mol. The van der Waals surface area contributed by atoms with Crippen molar-refractivity contribution >= 4 is 18.0 Å². The van der Waals surface area contributed by atoms with Crippen LogP contribution in [0.3, 0.4) is 0 Å². The highest BCUT2D eigenvalue weighted by Gasteiger charge is 2.51. The molecular formula is C44H73NO17. The Labute approximate surface area is 365 Å². The van der Waals surface area contributed by atoms with Gasteiger partial charge in [0.1, 0.15) is 49.0 Å². The Balaban J connectivity index is 1.61. The van der Waals surface area contributed by atoms with Crippen LogP contribution in [-0.2, 0) is 47.5 Å². The van der Waals surface area contributed by atoms with E-state index in [4.69, 9.17) is 33.2 Å². The number of hydrogen-bond acceptors (Lipinski definition) is 18. The second kappa shape index (κ2) is 22.8. The molecule has 0 spiro atoms. The van der Waals surface area contributed by atoms with E-state index in [0.717, 1.165) is 0 Å². The number of hydrogen-bond donors (Lipinski definition) is 7. The lowest BCUT2D eigenvalue weighted by atomic mass is 9.79. The van der Waals surface area contributed by atoms with E-state index in [-0.39, 0.29) is 31.7 Å². The van der Waals surface area contributed by atoms with Gasteiger partial charge < -0.3 is 78.6 Å². The van der Waals surface area contributed by atoms with Crippen LogP contribution in [0.15, 0.2) is 23.8 Å². The summed E-state index contributed by atoms with van der Waals surface area (Å²) in [6.07, 6.45) is -11.6. The summed E-state index contributed by atoms with van der Waals surface area (Å²) in [6, 6.07) is -0.761. The molecule has 356 valence electrons. The first-order valence-corrected chi connectivity index (χ1v) is 21.9. The predicted octanol–water partition coefficient (Wildman–Crippen LogP) is 0.525. The topological polar surface area (TPSA) is 261 Å². The molecule has 0 aliphatic carbocycles. The van der Waals surface area contributed by atoms with Crippen molar-refractivity contribution in [2.45, 2.75) is 191 Å². The minimum Gasteiger partial charge on any atom is -0.462 e. The number of ketones is 1. The summed E-state index contributed by atoms with van der Waals surface area (Å²) in [7, 11) is 3.48. The van der Waals surface area contributed by atoms with Crippen LogP contribution < -0.4 is 0 Å². The van der Waals surface area contributed by atoms with Gasteiger partial charge in [-0.2, -0.15) is 0 Å². The molecule has 4 heterocycles. The van der Waals surface area contributed by atoms with Crippen molar-refractivity contribution in [2.75, 3.05) is 20.7 Å². The molecule has 7 N–H and O–H groups in total. The molecule has 3 fully saturated rings. The van der Waals surface area contributed by atoms with E-state index in [1.54, 1.807) is 72.7 Å². The van der Waals surface area contributed by atoms with E-state index in [1.807, 2.05) is 0 Å². The van der Waals surface area contributed by atoms with E-state index < -0.39 is 140 Å². The maximum atomic E-state index is 13.6. The molecule has 0 aromatic carbocycles. The van der Waals surface area contributed by atoms with Gasteiger partial charge in [0.25, 0.3) is 0 Å². The van der Waals surface area contributed by atoms with Gasteiger partial charge in [0, 0.05) is 30.6 Å². The molecular weight excluding hydrogens is 814 g/mol. The molecule has 4 aliphatic rings. The third-order valence-electron chi connectivity index (χ3n) is 12.9. The van der Waals surface area contributed by atoms with Gasteiger partial charge in [0.05, 0.1) is 55.2 Å². The van der Waals surface area contributed by atoms with Crippen molar-refractivity contribution in [3.63, 3.8) is 0 Å². The van der Waals surface area contributed by atoms with E-state index >= 15 is 0 Å². The van der Waals surface area contributed by atoms with Gasteiger partial charge in [-0.3, -0.25) is 9.59 Å². The van der Waals surface area contributed by atoms with Crippen LogP contribution in [0.4, 0.5) is 0 Å². The molecule has 4 rings (SSSR count). The van der Waals surface area contributed by atoms with Crippen molar-refractivity contribution < 1.29 is 83.3 Å². The summed E-state index contributed by atoms with van der Waals surface area (Å²) >= 11 is 0. The van der Waals surface area contributed by atoms with Crippen molar-refractivity contribution in [3.05, 3.63) is 23.8 Å². The lowest BCUT2D eigenvalue weighted by Gasteiger charge is -2.50. The number of likely N-dealkylation sites (N-methyl/N-ethyl adjacent to an activating group) is 1. The molecule has 18 nitrogen and oxygen atoms in total. The molecule has 0 aromatic rings. The average Bonchev–Trinajstić information content (AvgIpc) is 3.20. The minimum atomic E-state index is -1.56. The zero-order chi connectivity index (χ0) is 46.4. The highest BCUT2D eigenvalue weighted by Crippen LogP contribution is 2.37. The molecule has 21 atom stereocenters. The van der Waals surface area contributed by atoms with Crippen LogP contribution in [0, 0.1) is 23.7 Å². The van der Waals surface area contributed by atoms with E-state index in [0.29, 0.717) is 18.3 Å². The minimum absolute atomic E-state index is 0.0454. The summed E-state index contributed by atoms with van der Waals surface area (Å²) in [5, 5.41) is 76.0. The molecule has 18 heteroatoms. The van der Waals surface area contributed by atoms with Crippen molar-refractivity contribution in [1.29, 1.82) is 0 Å². The number of aldehydes is 1. The van der Waals surface area contributed by atoms with Gasteiger partial charge in [-0.1, -0.05) is 38.5 Å². The predicted molar refractivity (Wildman–Crippen MR) is 221 cm³/mol. The van der Waals surface area contributed by atoms with Crippen molar-refractivity contribution in [1.82, 2.24) is 4.90 Å². The van der Waals surface area contributed by atoms with Crippen LogP contribution in [-0.4, -0.2) is 183 Å².